The van der Waals surface area contributed by atoms with Crippen LogP contribution in [0, 0.1) is 0 Å². The van der Waals surface area contributed by atoms with Crippen LogP contribution in [0.2, 0.25) is 0 Å². The van der Waals surface area contributed by atoms with Crippen LogP contribution < -0.4 is 0 Å². The van der Waals surface area contributed by atoms with E-state index in [4.69, 9.17) is 5.11 Å². The maximum atomic E-state index is 11.5. The van der Waals surface area contributed by atoms with Crippen molar-refractivity contribution in [2.45, 2.75) is 25.9 Å². The van der Waals surface area contributed by atoms with Gasteiger partial charge in [0.15, 0.2) is 5.78 Å². The molecule has 1 aliphatic rings. The zero-order valence-electron chi connectivity index (χ0n) is 7.42. The van der Waals surface area contributed by atoms with Gasteiger partial charge in [0.05, 0.1) is 6.61 Å². The van der Waals surface area contributed by atoms with Crippen molar-refractivity contribution in [3.63, 3.8) is 0 Å². The van der Waals surface area contributed by atoms with E-state index >= 15 is 0 Å². The molecule has 0 bridgehead atoms. The van der Waals surface area contributed by atoms with E-state index in [0.717, 1.165) is 29.5 Å². The first-order valence-corrected chi connectivity index (χ1v) is 4.58. The fourth-order valence-corrected chi connectivity index (χ4v) is 1.90. The van der Waals surface area contributed by atoms with Gasteiger partial charge in [-0.05, 0) is 24.0 Å². The number of benzene rings is 1. The van der Waals surface area contributed by atoms with Gasteiger partial charge in [-0.3, -0.25) is 4.79 Å². The molecule has 0 fully saturated rings. The minimum Gasteiger partial charge on any atom is -0.392 e. The molecule has 1 aromatic carbocycles. The quantitative estimate of drug-likeness (QED) is 0.707. The number of ketones is 1. The van der Waals surface area contributed by atoms with Crippen LogP contribution >= 0.6 is 0 Å². The fraction of sp³-hybridized carbons (Fsp3) is 0.364. The molecule has 2 heteroatoms. The van der Waals surface area contributed by atoms with Gasteiger partial charge in [-0.25, -0.2) is 0 Å². The van der Waals surface area contributed by atoms with E-state index in [0.29, 0.717) is 6.42 Å². The summed E-state index contributed by atoms with van der Waals surface area (Å²) in [6, 6.07) is 5.58. The highest BCUT2D eigenvalue weighted by molar-refractivity contribution is 5.98. The first-order chi connectivity index (χ1) is 6.33. The van der Waals surface area contributed by atoms with Crippen LogP contribution in [0.4, 0.5) is 0 Å². The van der Waals surface area contributed by atoms with Crippen molar-refractivity contribution in [1.82, 2.24) is 0 Å². The van der Waals surface area contributed by atoms with E-state index in [1.165, 1.54) is 0 Å². The van der Waals surface area contributed by atoms with E-state index < -0.39 is 0 Å². The minimum atomic E-state index is 0.0381. The van der Waals surface area contributed by atoms with E-state index in [1.54, 1.807) is 0 Å². The summed E-state index contributed by atoms with van der Waals surface area (Å²) in [5.74, 6) is 0.219. The molecule has 0 saturated carbocycles. The maximum Gasteiger partial charge on any atom is 0.163 e. The maximum absolute atomic E-state index is 11.5. The molecule has 0 unspecified atom stereocenters. The summed E-state index contributed by atoms with van der Waals surface area (Å²) in [4.78, 5) is 11.5. The summed E-state index contributed by atoms with van der Waals surface area (Å²) in [5, 5.41) is 9.07. The Morgan fingerprint density at radius 3 is 2.92 bits per heavy atom. The number of aliphatic hydroxyl groups excluding tert-OH is 1. The van der Waals surface area contributed by atoms with Crippen LogP contribution in [0.25, 0.3) is 0 Å². The van der Waals surface area contributed by atoms with Crippen LogP contribution in [0.5, 0.6) is 0 Å². The average molecular weight is 176 g/mol. The number of hydrogen-bond donors (Lipinski definition) is 1. The third-order valence-electron chi connectivity index (χ3n) is 2.57. The zero-order chi connectivity index (χ0) is 9.26. The third-order valence-corrected chi connectivity index (χ3v) is 2.57. The number of rotatable bonds is 1. The van der Waals surface area contributed by atoms with E-state index in [2.05, 4.69) is 0 Å². The van der Waals surface area contributed by atoms with Gasteiger partial charge >= 0.3 is 0 Å². The summed E-state index contributed by atoms with van der Waals surface area (Å²) in [5.41, 5.74) is 2.78. The summed E-state index contributed by atoms with van der Waals surface area (Å²) < 4.78 is 0. The van der Waals surface area contributed by atoms with Gasteiger partial charge in [-0.15, -0.1) is 0 Å². The summed E-state index contributed by atoms with van der Waals surface area (Å²) >= 11 is 0. The fourth-order valence-electron chi connectivity index (χ4n) is 1.90. The third kappa shape index (κ3) is 1.38. The topological polar surface area (TPSA) is 37.3 Å². The number of Topliss-reactive ketones (excluding diaryl/α,β-unsaturated/α-hetero) is 1. The second-order valence-electron chi connectivity index (χ2n) is 3.38. The highest BCUT2D eigenvalue weighted by atomic mass is 16.3. The SMILES string of the molecule is O=C1CCCc2c(CO)cccc21. The predicted molar refractivity (Wildman–Crippen MR) is 49.6 cm³/mol. The van der Waals surface area contributed by atoms with Crippen LogP contribution in [-0.4, -0.2) is 10.9 Å². The largest absolute Gasteiger partial charge is 0.392 e. The summed E-state index contributed by atoms with van der Waals surface area (Å²) in [6.07, 6.45) is 2.50. The van der Waals surface area contributed by atoms with Gasteiger partial charge in [0, 0.05) is 12.0 Å². The van der Waals surface area contributed by atoms with Crippen LogP contribution in [0.1, 0.15) is 34.3 Å². The van der Waals surface area contributed by atoms with Crippen molar-refractivity contribution in [3.05, 3.63) is 34.9 Å². The number of hydrogen-bond acceptors (Lipinski definition) is 2. The number of carbonyl (C=O) groups excluding carboxylic acids is 1. The molecule has 0 radical (unpaired) electrons. The molecular formula is C11H12O2. The Hall–Kier alpha value is -1.15. The average Bonchev–Trinajstić information content (AvgIpc) is 2.18. The number of fused-ring (bicyclic) bond motifs is 1. The Morgan fingerprint density at radius 1 is 1.31 bits per heavy atom. The van der Waals surface area contributed by atoms with Crippen molar-refractivity contribution in [3.8, 4) is 0 Å². The highest BCUT2D eigenvalue weighted by Gasteiger charge is 2.18. The first kappa shape index (κ1) is 8.45. The van der Waals surface area contributed by atoms with Gasteiger partial charge in [-0.2, -0.15) is 0 Å². The molecule has 0 aromatic heterocycles. The van der Waals surface area contributed by atoms with Crippen molar-refractivity contribution < 1.29 is 9.90 Å². The van der Waals surface area contributed by atoms with Crippen LogP contribution in [0.15, 0.2) is 18.2 Å². The number of aliphatic hydroxyl groups is 1. The Morgan fingerprint density at radius 2 is 2.15 bits per heavy atom. The molecule has 2 nitrogen and oxygen atoms in total. The van der Waals surface area contributed by atoms with Gasteiger partial charge in [0.2, 0.25) is 0 Å². The Labute approximate surface area is 77.2 Å². The number of carbonyl (C=O) groups is 1. The molecule has 1 aromatic rings. The molecule has 0 saturated heterocycles. The van der Waals surface area contributed by atoms with E-state index in [9.17, 15) is 4.79 Å². The summed E-state index contributed by atoms with van der Waals surface area (Å²) in [7, 11) is 0. The Balaban J connectivity index is 2.54. The zero-order valence-corrected chi connectivity index (χ0v) is 7.42. The Kier molecular flexibility index (Phi) is 2.15. The predicted octanol–water partition coefficient (Wildman–Crippen LogP) is 1.70. The van der Waals surface area contributed by atoms with Gasteiger partial charge in [0.25, 0.3) is 0 Å². The highest BCUT2D eigenvalue weighted by Crippen LogP contribution is 2.24. The van der Waals surface area contributed by atoms with Crippen molar-refractivity contribution in [2.75, 3.05) is 0 Å². The van der Waals surface area contributed by atoms with E-state index in [-0.39, 0.29) is 12.4 Å². The molecule has 1 aliphatic carbocycles. The molecule has 2 rings (SSSR count). The van der Waals surface area contributed by atoms with E-state index in [1.807, 2.05) is 18.2 Å². The first-order valence-electron chi connectivity index (χ1n) is 4.58. The Bertz CT molecular complexity index is 342. The molecular weight excluding hydrogens is 164 g/mol. The lowest BCUT2D eigenvalue weighted by Crippen LogP contribution is -2.12. The molecule has 13 heavy (non-hydrogen) atoms. The smallest absolute Gasteiger partial charge is 0.163 e. The molecule has 0 heterocycles. The second-order valence-corrected chi connectivity index (χ2v) is 3.38. The molecule has 0 amide bonds. The minimum absolute atomic E-state index is 0.0381. The molecule has 1 N–H and O–H groups in total. The summed E-state index contributed by atoms with van der Waals surface area (Å²) in [6.45, 7) is 0.0381. The molecule has 68 valence electrons. The van der Waals surface area contributed by atoms with Crippen LogP contribution in [0.3, 0.4) is 0 Å². The van der Waals surface area contributed by atoms with Gasteiger partial charge < -0.3 is 5.11 Å². The molecule has 0 spiro atoms. The van der Waals surface area contributed by atoms with Gasteiger partial charge in [-0.1, -0.05) is 18.2 Å². The van der Waals surface area contributed by atoms with Gasteiger partial charge in [0.1, 0.15) is 0 Å². The standard InChI is InChI=1S/C11H12O2/c12-7-8-3-1-5-10-9(8)4-2-6-11(10)13/h1,3,5,12H,2,4,6-7H2. The molecule has 0 atom stereocenters. The second kappa shape index (κ2) is 3.30. The van der Waals surface area contributed by atoms with Crippen molar-refractivity contribution in [1.29, 1.82) is 0 Å². The van der Waals surface area contributed by atoms with Crippen molar-refractivity contribution in [2.24, 2.45) is 0 Å². The monoisotopic (exact) mass is 176 g/mol. The lowest BCUT2D eigenvalue weighted by atomic mass is 9.87. The lowest BCUT2D eigenvalue weighted by Gasteiger charge is -2.16. The van der Waals surface area contributed by atoms with Crippen molar-refractivity contribution >= 4 is 5.78 Å². The normalized spacial score (nSPS) is 15.6. The molecule has 0 aliphatic heterocycles. The lowest BCUT2D eigenvalue weighted by molar-refractivity contribution is 0.0972. The van der Waals surface area contributed by atoms with Crippen LogP contribution in [-0.2, 0) is 13.0 Å².